The van der Waals surface area contributed by atoms with E-state index >= 15 is 0 Å². The average molecular weight is 278 g/mol. The second-order valence-electron chi connectivity index (χ2n) is 6.53. The highest BCUT2D eigenvalue weighted by Crippen LogP contribution is 2.53. The number of rotatable bonds is 2. The van der Waals surface area contributed by atoms with Gasteiger partial charge in [0.05, 0.1) is 5.92 Å². The smallest absolute Gasteiger partial charge is 0.333 e. The lowest BCUT2D eigenvalue weighted by Crippen LogP contribution is -2.39. The molecule has 4 nitrogen and oxygen atoms in total. The van der Waals surface area contributed by atoms with Crippen molar-refractivity contribution in [2.75, 3.05) is 0 Å². The third-order valence-electron chi connectivity index (χ3n) is 5.16. The summed E-state index contributed by atoms with van der Waals surface area (Å²) in [6.45, 7) is 5.24. The van der Waals surface area contributed by atoms with Gasteiger partial charge in [0.2, 0.25) is 0 Å². The molecule has 3 atom stereocenters. The van der Waals surface area contributed by atoms with Crippen molar-refractivity contribution in [3.63, 3.8) is 0 Å². The number of esters is 2. The van der Waals surface area contributed by atoms with Gasteiger partial charge < -0.3 is 9.47 Å². The van der Waals surface area contributed by atoms with Gasteiger partial charge in [-0.25, -0.2) is 4.79 Å². The number of fused-ring (bicyclic) bond motifs is 2. The normalized spacial score (nSPS) is 34.6. The Bertz CT molecular complexity index is 447. The Morgan fingerprint density at radius 2 is 2.05 bits per heavy atom. The Labute approximate surface area is 119 Å². The first kappa shape index (κ1) is 13.7. The Morgan fingerprint density at radius 1 is 1.35 bits per heavy atom. The Balaban J connectivity index is 1.68. The fourth-order valence-corrected chi connectivity index (χ4v) is 4.18. The van der Waals surface area contributed by atoms with Crippen molar-refractivity contribution in [2.45, 2.75) is 63.6 Å². The summed E-state index contributed by atoms with van der Waals surface area (Å²) in [6.07, 6.45) is 6.54. The minimum Gasteiger partial charge on any atom is -0.459 e. The number of ether oxygens (including phenoxy) is 2. The molecule has 1 saturated heterocycles. The topological polar surface area (TPSA) is 52.6 Å². The fraction of sp³-hybridized carbons (Fsp3) is 0.750. The number of carbonyl (C=O) groups excluding carboxylic acids is 2. The molecule has 1 heterocycles. The van der Waals surface area contributed by atoms with Gasteiger partial charge in [0.15, 0.2) is 0 Å². The van der Waals surface area contributed by atoms with Gasteiger partial charge in [-0.15, -0.1) is 0 Å². The molecule has 0 aromatic carbocycles. The molecule has 0 aromatic rings. The highest BCUT2D eigenvalue weighted by molar-refractivity contribution is 5.87. The molecule has 1 aliphatic heterocycles. The monoisotopic (exact) mass is 278 g/mol. The molecule has 110 valence electrons. The van der Waals surface area contributed by atoms with Gasteiger partial charge in [-0.1, -0.05) is 6.58 Å². The first-order chi connectivity index (χ1) is 9.52. The Hall–Kier alpha value is -1.32. The summed E-state index contributed by atoms with van der Waals surface area (Å²) in [5, 5.41) is 0. The molecule has 0 radical (unpaired) electrons. The summed E-state index contributed by atoms with van der Waals surface area (Å²) < 4.78 is 11.2. The van der Waals surface area contributed by atoms with Crippen molar-refractivity contribution in [1.82, 2.24) is 0 Å². The fourth-order valence-electron chi connectivity index (χ4n) is 4.18. The molecule has 0 amide bonds. The SMILES string of the molecule is C=C(C)C(=O)OC1CCC2C(C1)C(=O)OC21CCCC1. The van der Waals surface area contributed by atoms with Crippen LogP contribution in [0, 0.1) is 11.8 Å². The molecular weight excluding hydrogens is 256 g/mol. The van der Waals surface area contributed by atoms with E-state index in [2.05, 4.69) is 6.58 Å². The van der Waals surface area contributed by atoms with Gasteiger partial charge >= 0.3 is 11.9 Å². The molecule has 0 N–H and O–H groups in total. The van der Waals surface area contributed by atoms with Crippen molar-refractivity contribution in [2.24, 2.45) is 11.8 Å². The number of hydrogen-bond acceptors (Lipinski definition) is 4. The molecule has 3 rings (SSSR count). The summed E-state index contributed by atoms with van der Waals surface area (Å²) >= 11 is 0. The zero-order valence-corrected chi connectivity index (χ0v) is 12.0. The lowest BCUT2D eigenvalue weighted by Gasteiger charge is -2.35. The Morgan fingerprint density at radius 3 is 2.70 bits per heavy atom. The first-order valence-electron chi connectivity index (χ1n) is 7.61. The van der Waals surface area contributed by atoms with Crippen molar-refractivity contribution in [3.8, 4) is 0 Å². The van der Waals surface area contributed by atoms with Gasteiger partial charge in [0, 0.05) is 11.5 Å². The largest absolute Gasteiger partial charge is 0.459 e. The van der Waals surface area contributed by atoms with Crippen molar-refractivity contribution >= 4 is 11.9 Å². The molecule has 2 aliphatic carbocycles. The lowest BCUT2D eigenvalue weighted by atomic mass is 9.71. The van der Waals surface area contributed by atoms with E-state index in [1.807, 2.05) is 0 Å². The maximum absolute atomic E-state index is 12.2. The zero-order valence-electron chi connectivity index (χ0n) is 12.0. The highest BCUT2D eigenvalue weighted by Gasteiger charge is 2.58. The van der Waals surface area contributed by atoms with Crippen LogP contribution in [0.3, 0.4) is 0 Å². The van der Waals surface area contributed by atoms with Crippen LogP contribution < -0.4 is 0 Å². The molecule has 4 heteroatoms. The van der Waals surface area contributed by atoms with E-state index in [1.165, 1.54) is 0 Å². The minimum atomic E-state index is -0.351. The summed E-state index contributed by atoms with van der Waals surface area (Å²) in [7, 11) is 0. The van der Waals surface area contributed by atoms with Crippen LogP contribution >= 0.6 is 0 Å². The summed E-state index contributed by atoms with van der Waals surface area (Å²) in [4.78, 5) is 23.8. The molecule has 0 bridgehead atoms. The highest BCUT2D eigenvalue weighted by atomic mass is 16.6. The van der Waals surface area contributed by atoms with Gasteiger partial charge in [-0.05, 0) is 51.9 Å². The van der Waals surface area contributed by atoms with E-state index in [4.69, 9.17) is 9.47 Å². The van der Waals surface area contributed by atoms with Crippen LogP contribution in [0.4, 0.5) is 0 Å². The van der Waals surface area contributed by atoms with Crippen LogP contribution in [-0.4, -0.2) is 23.6 Å². The van der Waals surface area contributed by atoms with Gasteiger partial charge in [0.25, 0.3) is 0 Å². The van der Waals surface area contributed by atoms with Gasteiger partial charge in [-0.3, -0.25) is 4.79 Å². The Kier molecular flexibility index (Phi) is 3.35. The molecule has 2 saturated carbocycles. The van der Waals surface area contributed by atoms with E-state index in [0.717, 1.165) is 38.5 Å². The van der Waals surface area contributed by atoms with E-state index in [0.29, 0.717) is 17.9 Å². The van der Waals surface area contributed by atoms with Crippen LogP contribution in [0.15, 0.2) is 12.2 Å². The van der Waals surface area contributed by atoms with Crippen LogP contribution in [0.5, 0.6) is 0 Å². The molecule has 20 heavy (non-hydrogen) atoms. The lowest BCUT2D eigenvalue weighted by molar-refractivity contribution is -0.153. The second kappa shape index (κ2) is 4.90. The molecular formula is C16H22O4. The van der Waals surface area contributed by atoms with E-state index in [9.17, 15) is 9.59 Å². The van der Waals surface area contributed by atoms with Crippen LogP contribution in [-0.2, 0) is 19.1 Å². The predicted octanol–water partition coefficient (Wildman–Crippen LogP) is 2.76. The van der Waals surface area contributed by atoms with Crippen LogP contribution in [0.2, 0.25) is 0 Å². The molecule has 3 aliphatic rings. The molecule has 3 fully saturated rings. The molecule has 1 spiro atoms. The maximum atomic E-state index is 12.2. The second-order valence-corrected chi connectivity index (χ2v) is 6.53. The summed E-state index contributed by atoms with van der Waals surface area (Å²) in [5.41, 5.74) is 0.221. The van der Waals surface area contributed by atoms with E-state index in [-0.39, 0.29) is 29.6 Å². The van der Waals surface area contributed by atoms with Gasteiger partial charge in [0.1, 0.15) is 11.7 Å². The predicted molar refractivity (Wildman–Crippen MR) is 72.8 cm³/mol. The van der Waals surface area contributed by atoms with E-state index in [1.54, 1.807) is 6.92 Å². The number of carbonyl (C=O) groups is 2. The summed E-state index contributed by atoms with van der Waals surface area (Å²) in [5.74, 6) is -0.176. The standard InChI is InChI=1S/C16H22O4/c1-10(2)14(17)19-11-5-6-13-12(9-11)15(18)20-16(13)7-3-4-8-16/h11-13H,1,3-9H2,2H3. The third kappa shape index (κ3) is 2.15. The quantitative estimate of drug-likeness (QED) is 0.575. The average Bonchev–Trinajstić information content (AvgIpc) is 2.97. The maximum Gasteiger partial charge on any atom is 0.333 e. The molecule has 0 aromatic heterocycles. The minimum absolute atomic E-state index is 0.0760. The van der Waals surface area contributed by atoms with Crippen molar-refractivity contribution in [3.05, 3.63) is 12.2 Å². The van der Waals surface area contributed by atoms with E-state index < -0.39 is 0 Å². The van der Waals surface area contributed by atoms with Crippen LogP contribution in [0.1, 0.15) is 51.9 Å². The third-order valence-corrected chi connectivity index (χ3v) is 5.16. The van der Waals surface area contributed by atoms with Gasteiger partial charge in [-0.2, -0.15) is 0 Å². The van der Waals surface area contributed by atoms with Crippen LogP contribution in [0.25, 0.3) is 0 Å². The summed E-state index contributed by atoms with van der Waals surface area (Å²) in [6, 6.07) is 0. The van der Waals surface area contributed by atoms with Crippen molar-refractivity contribution < 1.29 is 19.1 Å². The first-order valence-corrected chi connectivity index (χ1v) is 7.61. The molecule has 3 unspecified atom stereocenters. The zero-order chi connectivity index (χ0) is 14.3. The number of hydrogen-bond donors (Lipinski definition) is 0. The van der Waals surface area contributed by atoms with Crippen molar-refractivity contribution in [1.29, 1.82) is 0 Å².